The third-order valence-electron chi connectivity index (χ3n) is 6.06. The third kappa shape index (κ3) is 10.8. The maximum absolute atomic E-state index is 12.8. The summed E-state index contributed by atoms with van der Waals surface area (Å²) >= 11 is 0. The van der Waals surface area contributed by atoms with Crippen molar-refractivity contribution in [3.63, 3.8) is 0 Å². The van der Waals surface area contributed by atoms with Crippen LogP contribution in [0, 0.1) is 6.92 Å². The Bertz CT molecular complexity index is 1050. The van der Waals surface area contributed by atoms with Gasteiger partial charge in [0.1, 0.15) is 11.9 Å². The molecule has 0 unspecified atom stereocenters. The van der Waals surface area contributed by atoms with E-state index in [9.17, 15) is 13.2 Å². The smallest absolute Gasteiger partial charge is 0.307 e. The highest BCUT2D eigenvalue weighted by Crippen LogP contribution is 2.14. The summed E-state index contributed by atoms with van der Waals surface area (Å²) < 4.78 is 38.0. The number of ether oxygens (including phenoxy) is 2. The minimum Gasteiger partial charge on any atom is -0.497 e. The van der Waals surface area contributed by atoms with Gasteiger partial charge in [0.15, 0.2) is 0 Å². The van der Waals surface area contributed by atoms with Crippen molar-refractivity contribution in [2.75, 3.05) is 32.5 Å². The Morgan fingerprint density at radius 2 is 1.73 bits per heavy atom. The van der Waals surface area contributed by atoms with E-state index in [0.717, 1.165) is 35.3 Å². The van der Waals surface area contributed by atoms with Crippen LogP contribution >= 0.6 is 0 Å². The molecule has 0 saturated carbocycles. The minimum atomic E-state index is -3.54. The normalized spacial score (nSPS) is 13.4. The lowest BCUT2D eigenvalue weighted by Crippen LogP contribution is -2.46. The molecule has 37 heavy (non-hydrogen) atoms. The van der Waals surface area contributed by atoms with Crippen LogP contribution in [-0.4, -0.2) is 63.3 Å². The molecule has 0 amide bonds. The van der Waals surface area contributed by atoms with Gasteiger partial charge in [-0.2, -0.15) is 0 Å². The van der Waals surface area contributed by atoms with Gasteiger partial charge in [-0.15, -0.1) is 0 Å². The van der Waals surface area contributed by atoms with Crippen LogP contribution in [0.25, 0.3) is 0 Å². The largest absolute Gasteiger partial charge is 0.497 e. The standard InChI is InChI=1S/C28H43N3O5S/c1-5-15-31(16-6-2)37(33,34)17-14-28(32)36-27(26(29)19-23-12-10-22(3)11-13-23)21-30-20-24-8-7-9-25(18-24)35-4/h7-13,18,26-27,30H,5-6,14-17,19-21,29H2,1-4H3/t26-,27+/m0/s1. The Morgan fingerprint density at radius 3 is 2.35 bits per heavy atom. The number of carbonyl (C=O) groups is 1. The SMILES string of the molecule is CCCN(CCC)S(=O)(=O)CCC(=O)O[C@H](CNCc1cccc(OC)c1)[C@@H](N)Cc1ccc(C)cc1. The molecule has 2 atom stereocenters. The van der Waals surface area contributed by atoms with Gasteiger partial charge in [0.2, 0.25) is 10.0 Å². The summed E-state index contributed by atoms with van der Waals surface area (Å²) in [4.78, 5) is 12.8. The Morgan fingerprint density at radius 1 is 1.05 bits per heavy atom. The summed E-state index contributed by atoms with van der Waals surface area (Å²) in [5, 5.41) is 3.32. The van der Waals surface area contributed by atoms with Crippen molar-refractivity contribution in [2.24, 2.45) is 5.73 Å². The van der Waals surface area contributed by atoms with E-state index in [2.05, 4.69) is 5.32 Å². The molecule has 0 saturated heterocycles. The number of methoxy groups -OCH3 is 1. The van der Waals surface area contributed by atoms with E-state index in [1.807, 2.05) is 69.3 Å². The molecule has 0 aliphatic heterocycles. The molecule has 0 aromatic heterocycles. The van der Waals surface area contributed by atoms with Crippen molar-refractivity contribution in [2.45, 2.75) is 65.1 Å². The number of hydrogen-bond acceptors (Lipinski definition) is 7. The molecule has 0 radical (unpaired) electrons. The number of carbonyl (C=O) groups excluding carboxylic acids is 1. The van der Waals surface area contributed by atoms with Crippen LogP contribution in [0.2, 0.25) is 0 Å². The van der Waals surface area contributed by atoms with Crippen LogP contribution in [0.15, 0.2) is 48.5 Å². The molecule has 0 aliphatic rings. The lowest BCUT2D eigenvalue weighted by Gasteiger charge is -2.25. The molecule has 3 N–H and O–H groups in total. The highest BCUT2D eigenvalue weighted by Gasteiger charge is 2.26. The van der Waals surface area contributed by atoms with E-state index in [1.54, 1.807) is 7.11 Å². The van der Waals surface area contributed by atoms with Gasteiger partial charge >= 0.3 is 5.97 Å². The second kappa shape index (κ2) is 15.7. The van der Waals surface area contributed by atoms with Crippen molar-refractivity contribution < 1.29 is 22.7 Å². The number of nitrogens with zero attached hydrogens (tertiary/aromatic N) is 1. The second-order valence-electron chi connectivity index (χ2n) is 9.33. The predicted octanol–water partition coefficient (Wildman–Crippen LogP) is 3.42. The Labute approximate surface area is 222 Å². The fourth-order valence-electron chi connectivity index (χ4n) is 4.01. The van der Waals surface area contributed by atoms with Crippen LogP contribution in [0.1, 0.15) is 49.8 Å². The van der Waals surface area contributed by atoms with Gasteiger partial charge in [-0.1, -0.05) is 55.8 Å². The van der Waals surface area contributed by atoms with Crippen molar-refractivity contribution in [3.8, 4) is 5.75 Å². The molecular formula is C28H43N3O5S. The fourth-order valence-corrected chi connectivity index (χ4v) is 5.61. The van der Waals surface area contributed by atoms with Crippen molar-refractivity contribution >= 4 is 16.0 Å². The van der Waals surface area contributed by atoms with E-state index in [1.165, 1.54) is 4.31 Å². The van der Waals surface area contributed by atoms with Crippen LogP contribution in [0.4, 0.5) is 0 Å². The van der Waals surface area contributed by atoms with Crippen molar-refractivity contribution in [3.05, 3.63) is 65.2 Å². The van der Waals surface area contributed by atoms with Gasteiger partial charge in [-0.25, -0.2) is 12.7 Å². The van der Waals surface area contributed by atoms with Crippen LogP contribution in [0.5, 0.6) is 5.75 Å². The maximum atomic E-state index is 12.8. The topological polar surface area (TPSA) is 111 Å². The zero-order valence-electron chi connectivity index (χ0n) is 22.6. The molecule has 2 aromatic carbocycles. The summed E-state index contributed by atoms with van der Waals surface area (Å²) in [6.07, 6.45) is 1.13. The molecule has 206 valence electrons. The number of aryl methyl sites for hydroxylation is 1. The molecule has 0 aliphatic carbocycles. The molecule has 2 aromatic rings. The first kappa shape index (κ1) is 30.8. The van der Waals surface area contributed by atoms with Gasteiger partial charge < -0.3 is 20.5 Å². The first-order valence-electron chi connectivity index (χ1n) is 13.0. The molecule has 0 spiro atoms. The van der Waals surface area contributed by atoms with Crippen molar-refractivity contribution in [1.82, 2.24) is 9.62 Å². The highest BCUT2D eigenvalue weighted by atomic mass is 32.2. The van der Waals surface area contributed by atoms with Crippen molar-refractivity contribution in [1.29, 1.82) is 0 Å². The summed E-state index contributed by atoms with van der Waals surface area (Å²) in [5.74, 6) is -0.0768. The van der Waals surface area contributed by atoms with Gasteiger partial charge in [-0.3, -0.25) is 4.79 Å². The Kier molecular flexibility index (Phi) is 13.1. The minimum absolute atomic E-state index is 0.212. The van der Waals surface area contributed by atoms with Gasteiger partial charge in [0, 0.05) is 32.2 Å². The second-order valence-corrected chi connectivity index (χ2v) is 11.4. The fraction of sp³-hybridized carbons (Fsp3) is 0.536. The first-order valence-corrected chi connectivity index (χ1v) is 14.6. The number of sulfonamides is 1. The summed E-state index contributed by atoms with van der Waals surface area (Å²) in [7, 11) is -1.92. The maximum Gasteiger partial charge on any atom is 0.307 e. The first-order chi connectivity index (χ1) is 17.7. The summed E-state index contributed by atoms with van der Waals surface area (Å²) in [6.45, 7) is 7.66. The molecule has 8 nitrogen and oxygen atoms in total. The lowest BCUT2D eigenvalue weighted by atomic mass is 10.0. The van der Waals surface area contributed by atoms with Crippen LogP contribution < -0.4 is 15.8 Å². The average molecular weight is 534 g/mol. The lowest BCUT2D eigenvalue weighted by molar-refractivity contribution is -0.149. The van der Waals surface area contributed by atoms with E-state index in [0.29, 0.717) is 32.6 Å². The zero-order valence-corrected chi connectivity index (χ0v) is 23.4. The third-order valence-corrected chi connectivity index (χ3v) is 7.94. The number of rotatable bonds is 17. The number of esters is 1. The van der Waals surface area contributed by atoms with E-state index in [-0.39, 0.29) is 12.2 Å². The number of benzene rings is 2. The number of hydrogen-bond donors (Lipinski definition) is 2. The average Bonchev–Trinajstić information content (AvgIpc) is 2.88. The van der Waals surface area contributed by atoms with Gasteiger partial charge in [0.05, 0.1) is 19.3 Å². The van der Waals surface area contributed by atoms with Gasteiger partial charge in [-0.05, 0) is 49.4 Å². The zero-order chi connectivity index (χ0) is 27.3. The monoisotopic (exact) mass is 533 g/mol. The van der Waals surface area contributed by atoms with E-state index >= 15 is 0 Å². The Balaban J connectivity index is 2.03. The Hall–Kier alpha value is -2.46. The molecule has 0 heterocycles. The molecule has 2 rings (SSSR count). The number of nitrogens with one attached hydrogen (secondary N) is 1. The van der Waals surface area contributed by atoms with Crippen LogP contribution in [-0.2, 0) is 32.5 Å². The molecule has 0 bridgehead atoms. The van der Waals surface area contributed by atoms with Gasteiger partial charge in [0.25, 0.3) is 0 Å². The van der Waals surface area contributed by atoms with E-state index < -0.39 is 28.1 Å². The van der Waals surface area contributed by atoms with Crippen LogP contribution in [0.3, 0.4) is 0 Å². The highest BCUT2D eigenvalue weighted by molar-refractivity contribution is 7.89. The molecule has 0 fully saturated rings. The molecule has 9 heteroatoms. The predicted molar refractivity (Wildman–Crippen MR) is 148 cm³/mol. The summed E-state index contributed by atoms with van der Waals surface area (Å²) in [5.41, 5.74) is 9.73. The molecular weight excluding hydrogens is 490 g/mol. The quantitative estimate of drug-likeness (QED) is 0.300. The number of nitrogens with two attached hydrogens (primary N) is 1. The summed E-state index contributed by atoms with van der Waals surface area (Å²) in [6, 6.07) is 15.3. The van der Waals surface area contributed by atoms with E-state index in [4.69, 9.17) is 15.2 Å².